The van der Waals surface area contributed by atoms with E-state index in [1.807, 2.05) is 12.1 Å². The lowest BCUT2D eigenvalue weighted by Gasteiger charge is -2.38. The topological polar surface area (TPSA) is 35.9 Å². The van der Waals surface area contributed by atoms with Crippen molar-refractivity contribution < 1.29 is 9.84 Å². The van der Waals surface area contributed by atoms with Crippen LogP contribution in [0.5, 0.6) is 5.75 Å². The van der Waals surface area contributed by atoms with Gasteiger partial charge in [0.15, 0.2) is 0 Å². The number of piperidine rings is 1. The Labute approximate surface area is 163 Å². The van der Waals surface area contributed by atoms with Gasteiger partial charge in [-0.05, 0) is 44.5 Å². The number of benzene rings is 2. The average Bonchev–Trinajstić information content (AvgIpc) is 2.72. The van der Waals surface area contributed by atoms with Gasteiger partial charge in [-0.1, -0.05) is 48.5 Å². The Kier molecular flexibility index (Phi) is 7.69. The lowest BCUT2D eigenvalue weighted by Crippen LogP contribution is -2.46. The van der Waals surface area contributed by atoms with Crippen LogP contribution in [-0.4, -0.2) is 60.8 Å². The summed E-state index contributed by atoms with van der Waals surface area (Å²) in [7, 11) is 2.26. The van der Waals surface area contributed by atoms with E-state index in [0.717, 1.165) is 38.3 Å². The summed E-state index contributed by atoms with van der Waals surface area (Å²) < 4.78 is 5.70. The van der Waals surface area contributed by atoms with Crippen LogP contribution in [0.3, 0.4) is 0 Å². The van der Waals surface area contributed by atoms with Crippen molar-refractivity contribution >= 4 is 0 Å². The van der Waals surface area contributed by atoms with Crippen molar-refractivity contribution in [3.05, 3.63) is 65.7 Å². The Morgan fingerprint density at radius 3 is 2.70 bits per heavy atom. The van der Waals surface area contributed by atoms with E-state index in [1.165, 1.54) is 24.0 Å². The summed E-state index contributed by atoms with van der Waals surface area (Å²) in [6, 6.07) is 19.5. The van der Waals surface area contributed by atoms with Crippen molar-refractivity contribution in [1.82, 2.24) is 9.80 Å². The average molecular weight is 369 g/mol. The first-order valence-electron chi connectivity index (χ1n) is 10.0. The van der Waals surface area contributed by atoms with Crippen LogP contribution in [-0.2, 0) is 13.0 Å². The number of hydrogen-bond donors (Lipinski definition) is 1. The Hall–Kier alpha value is -1.88. The first-order chi connectivity index (χ1) is 13.3. The molecule has 2 aromatic carbocycles. The molecule has 1 N–H and O–H groups in total. The molecule has 2 aromatic rings. The zero-order chi connectivity index (χ0) is 18.9. The molecular formula is C23H32N2O2. The van der Waals surface area contributed by atoms with E-state index in [9.17, 15) is 0 Å². The molecular weight excluding hydrogens is 336 g/mol. The number of hydrogen-bond acceptors (Lipinski definition) is 4. The summed E-state index contributed by atoms with van der Waals surface area (Å²) >= 11 is 0. The number of likely N-dealkylation sites (tertiary alicyclic amines) is 1. The van der Waals surface area contributed by atoms with E-state index in [-0.39, 0.29) is 6.61 Å². The molecule has 0 spiro atoms. The van der Waals surface area contributed by atoms with Crippen molar-refractivity contribution in [3.8, 4) is 5.75 Å². The van der Waals surface area contributed by atoms with Crippen LogP contribution in [0.15, 0.2) is 54.6 Å². The molecule has 3 rings (SSSR count). The van der Waals surface area contributed by atoms with Crippen LogP contribution in [0.2, 0.25) is 0 Å². The van der Waals surface area contributed by atoms with Crippen LogP contribution in [0.1, 0.15) is 24.0 Å². The zero-order valence-corrected chi connectivity index (χ0v) is 16.4. The Morgan fingerprint density at radius 2 is 1.89 bits per heavy atom. The quantitative estimate of drug-likeness (QED) is 0.737. The van der Waals surface area contributed by atoms with Crippen LogP contribution in [0, 0.1) is 0 Å². The van der Waals surface area contributed by atoms with E-state index in [1.54, 1.807) is 0 Å². The van der Waals surface area contributed by atoms with E-state index >= 15 is 0 Å². The molecule has 0 radical (unpaired) electrons. The van der Waals surface area contributed by atoms with Gasteiger partial charge in [-0.2, -0.15) is 0 Å². The van der Waals surface area contributed by atoms with Gasteiger partial charge in [0, 0.05) is 31.2 Å². The van der Waals surface area contributed by atoms with Gasteiger partial charge in [-0.15, -0.1) is 0 Å². The van der Waals surface area contributed by atoms with E-state index < -0.39 is 0 Å². The van der Waals surface area contributed by atoms with Gasteiger partial charge in [0.2, 0.25) is 0 Å². The first kappa shape index (κ1) is 19.9. The summed E-state index contributed by atoms with van der Waals surface area (Å²) in [6.45, 7) is 4.63. The fourth-order valence-corrected chi connectivity index (χ4v) is 3.84. The third kappa shape index (κ3) is 6.06. The van der Waals surface area contributed by atoms with Crippen LogP contribution in [0.4, 0.5) is 0 Å². The van der Waals surface area contributed by atoms with Gasteiger partial charge < -0.3 is 14.7 Å². The standard InChI is InChI=1S/C23H32N2O2/c1-24(15-13-20-8-3-2-4-9-20)22-11-7-14-25(19-22)18-21-10-5-6-12-23(21)27-17-16-26/h2-6,8-10,12,22,26H,7,11,13-19H2,1H3. The molecule has 146 valence electrons. The number of nitrogens with zero attached hydrogens (tertiary/aromatic N) is 2. The maximum absolute atomic E-state index is 9.03. The monoisotopic (exact) mass is 368 g/mol. The number of likely N-dealkylation sites (N-methyl/N-ethyl adjacent to an activating group) is 1. The normalized spacial score (nSPS) is 18.0. The number of aliphatic hydroxyl groups excluding tert-OH is 1. The highest BCUT2D eigenvalue weighted by Gasteiger charge is 2.23. The van der Waals surface area contributed by atoms with Gasteiger partial charge in [0.05, 0.1) is 6.61 Å². The lowest BCUT2D eigenvalue weighted by atomic mass is 10.0. The second-order valence-corrected chi connectivity index (χ2v) is 7.43. The molecule has 0 saturated carbocycles. The fourth-order valence-electron chi connectivity index (χ4n) is 3.84. The molecule has 0 aliphatic carbocycles. The summed E-state index contributed by atoms with van der Waals surface area (Å²) in [5, 5.41) is 9.03. The molecule has 1 aliphatic rings. The van der Waals surface area contributed by atoms with Gasteiger partial charge in [-0.25, -0.2) is 0 Å². The van der Waals surface area contributed by atoms with Crippen LogP contribution in [0.25, 0.3) is 0 Å². The minimum Gasteiger partial charge on any atom is -0.491 e. The van der Waals surface area contributed by atoms with Crippen LogP contribution >= 0.6 is 0 Å². The van der Waals surface area contributed by atoms with E-state index in [0.29, 0.717) is 12.6 Å². The van der Waals surface area contributed by atoms with Gasteiger partial charge >= 0.3 is 0 Å². The number of rotatable bonds is 9. The third-order valence-corrected chi connectivity index (χ3v) is 5.42. The predicted octanol–water partition coefficient (Wildman–Crippen LogP) is 3.20. The molecule has 1 aliphatic heterocycles. The molecule has 4 heteroatoms. The van der Waals surface area contributed by atoms with Crippen molar-refractivity contribution in [1.29, 1.82) is 0 Å². The van der Waals surface area contributed by atoms with Crippen molar-refractivity contribution in [2.45, 2.75) is 31.8 Å². The van der Waals surface area contributed by atoms with Crippen molar-refractivity contribution in [3.63, 3.8) is 0 Å². The van der Waals surface area contributed by atoms with E-state index in [4.69, 9.17) is 9.84 Å². The van der Waals surface area contributed by atoms with Crippen molar-refractivity contribution in [2.24, 2.45) is 0 Å². The third-order valence-electron chi connectivity index (χ3n) is 5.42. The molecule has 1 atom stereocenters. The second kappa shape index (κ2) is 10.5. The SMILES string of the molecule is CN(CCc1ccccc1)C1CCCN(Cc2ccccc2OCCO)C1. The van der Waals surface area contributed by atoms with Gasteiger partial charge in [0.1, 0.15) is 12.4 Å². The molecule has 1 fully saturated rings. The van der Waals surface area contributed by atoms with Crippen molar-refractivity contribution in [2.75, 3.05) is 39.9 Å². The second-order valence-electron chi connectivity index (χ2n) is 7.43. The fraction of sp³-hybridized carbons (Fsp3) is 0.478. The molecule has 0 aromatic heterocycles. The van der Waals surface area contributed by atoms with Gasteiger partial charge in [-0.3, -0.25) is 4.90 Å². The molecule has 1 unspecified atom stereocenters. The largest absolute Gasteiger partial charge is 0.491 e. The predicted molar refractivity (Wildman–Crippen MR) is 110 cm³/mol. The Morgan fingerprint density at radius 1 is 1.11 bits per heavy atom. The highest BCUT2D eigenvalue weighted by molar-refractivity contribution is 5.33. The number of aliphatic hydroxyl groups is 1. The lowest BCUT2D eigenvalue weighted by molar-refractivity contribution is 0.111. The summed E-state index contributed by atoms with van der Waals surface area (Å²) in [5.74, 6) is 0.895. The molecule has 4 nitrogen and oxygen atoms in total. The minimum absolute atomic E-state index is 0.0479. The molecule has 27 heavy (non-hydrogen) atoms. The Bertz CT molecular complexity index is 677. The maximum Gasteiger partial charge on any atom is 0.123 e. The molecule has 1 heterocycles. The minimum atomic E-state index is 0.0479. The van der Waals surface area contributed by atoms with Gasteiger partial charge in [0.25, 0.3) is 0 Å². The first-order valence-corrected chi connectivity index (χ1v) is 10.0. The smallest absolute Gasteiger partial charge is 0.123 e. The van der Waals surface area contributed by atoms with Crippen LogP contribution < -0.4 is 4.74 Å². The molecule has 0 amide bonds. The summed E-state index contributed by atoms with van der Waals surface area (Å²) in [4.78, 5) is 5.06. The Balaban J connectivity index is 1.53. The zero-order valence-electron chi connectivity index (χ0n) is 16.4. The highest BCUT2D eigenvalue weighted by Crippen LogP contribution is 2.23. The molecule has 0 bridgehead atoms. The highest BCUT2D eigenvalue weighted by atomic mass is 16.5. The molecule has 1 saturated heterocycles. The maximum atomic E-state index is 9.03. The summed E-state index contributed by atoms with van der Waals surface area (Å²) in [6.07, 6.45) is 3.61. The van der Waals surface area contributed by atoms with E-state index in [2.05, 4.69) is 59.3 Å². The number of para-hydroxylation sites is 1. The summed E-state index contributed by atoms with van der Waals surface area (Å²) in [5.41, 5.74) is 2.62. The number of ether oxygens (including phenoxy) is 1.